The fraction of sp³-hybridized carbons (Fsp3) is 0.200. The van der Waals surface area contributed by atoms with Gasteiger partial charge in [0.15, 0.2) is 0 Å². The van der Waals surface area contributed by atoms with E-state index in [9.17, 15) is 4.79 Å². The Morgan fingerprint density at radius 2 is 2.12 bits per heavy atom. The van der Waals surface area contributed by atoms with Crippen LogP contribution in [0, 0.1) is 0 Å². The molecule has 0 saturated heterocycles. The van der Waals surface area contributed by atoms with Crippen LogP contribution in [0.1, 0.15) is 12.0 Å². The molecule has 1 aromatic rings. The number of hydrogen-bond acceptors (Lipinski definition) is 3. The van der Waals surface area contributed by atoms with Gasteiger partial charge in [-0.15, -0.1) is 0 Å². The number of rotatable bonds is 5. The second-order valence-corrected chi connectivity index (χ2v) is 4.05. The number of carbonyl (C=O) groups excluding carboxylic acids is 1. The van der Waals surface area contributed by atoms with E-state index in [1.807, 2.05) is 0 Å². The number of anilines is 1. The van der Waals surface area contributed by atoms with Gasteiger partial charge in [-0.25, -0.2) is 0 Å². The lowest BCUT2D eigenvalue weighted by atomic mass is 10.2. The maximum absolute atomic E-state index is 10.5. The van der Waals surface area contributed by atoms with Crippen molar-refractivity contribution in [3.05, 3.63) is 28.8 Å². The van der Waals surface area contributed by atoms with Gasteiger partial charge in [0.05, 0.1) is 5.02 Å². The van der Waals surface area contributed by atoms with E-state index in [0.29, 0.717) is 17.1 Å². The fourth-order valence-electron chi connectivity index (χ4n) is 1.15. The molecule has 86 valence electrons. The third-order valence-corrected chi connectivity index (χ3v) is 2.47. The number of hydrogen-bond donors (Lipinski definition) is 3. The predicted molar refractivity (Wildman–Crippen MR) is 69.6 cm³/mol. The first-order valence-corrected chi connectivity index (χ1v) is 5.41. The molecule has 0 aliphatic carbocycles. The molecule has 5 N–H and O–H groups in total. The molecule has 6 heteroatoms. The van der Waals surface area contributed by atoms with Crippen molar-refractivity contribution in [1.82, 2.24) is 0 Å². The van der Waals surface area contributed by atoms with Crippen molar-refractivity contribution in [3.63, 3.8) is 0 Å². The Morgan fingerprint density at radius 3 is 2.62 bits per heavy atom. The van der Waals surface area contributed by atoms with Gasteiger partial charge in [-0.3, -0.25) is 4.79 Å². The minimum absolute atomic E-state index is 0.258. The number of carbonyl (C=O) groups is 1. The van der Waals surface area contributed by atoms with E-state index in [0.717, 1.165) is 5.69 Å². The quantitative estimate of drug-likeness (QED) is 0.694. The maximum Gasteiger partial charge on any atom is 0.219 e. The molecule has 0 atom stereocenters. The first-order chi connectivity index (χ1) is 7.50. The third kappa shape index (κ3) is 3.67. The number of benzene rings is 1. The topological polar surface area (TPSA) is 81.1 Å². The molecular weight excluding hydrogens is 246 g/mol. The molecular formula is C10H12ClN3OS. The number of nitrogens with one attached hydrogen (secondary N) is 1. The van der Waals surface area contributed by atoms with Gasteiger partial charge >= 0.3 is 0 Å². The van der Waals surface area contributed by atoms with Crippen LogP contribution < -0.4 is 16.8 Å². The van der Waals surface area contributed by atoms with Crippen LogP contribution in [0.15, 0.2) is 18.2 Å². The van der Waals surface area contributed by atoms with Crippen LogP contribution >= 0.6 is 23.8 Å². The van der Waals surface area contributed by atoms with Crippen molar-refractivity contribution in [2.24, 2.45) is 11.5 Å². The van der Waals surface area contributed by atoms with E-state index in [4.69, 9.17) is 35.3 Å². The van der Waals surface area contributed by atoms with Crippen molar-refractivity contribution >= 4 is 40.4 Å². The number of primary amides is 1. The molecule has 1 aromatic carbocycles. The van der Waals surface area contributed by atoms with Crippen molar-refractivity contribution in [1.29, 1.82) is 0 Å². The molecule has 1 amide bonds. The molecule has 0 heterocycles. The summed E-state index contributed by atoms with van der Waals surface area (Å²) in [6.45, 7) is 0.470. The second kappa shape index (κ2) is 5.67. The first-order valence-electron chi connectivity index (χ1n) is 4.62. The fourth-order valence-corrected chi connectivity index (χ4v) is 1.67. The monoisotopic (exact) mass is 257 g/mol. The molecule has 0 spiro atoms. The minimum atomic E-state index is -0.349. The highest BCUT2D eigenvalue weighted by Crippen LogP contribution is 2.20. The average molecular weight is 258 g/mol. The Morgan fingerprint density at radius 1 is 1.44 bits per heavy atom. The van der Waals surface area contributed by atoms with Gasteiger partial charge in [0.25, 0.3) is 0 Å². The van der Waals surface area contributed by atoms with E-state index in [-0.39, 0.29) is 17.3 Å². The molecule has 0 fully saturated rings. The summed E-state index contributed by atoms with van der Waals surface area (Å²) in [5.74, 6) is -0.349. The molecule has 16 heavy (non-hydrogen) atoms. The summed E-state index contributed by atoms with van der Waals surface area (Å²) in [7, 11) is 0. The van der Waals surface area contributed by atoms with Gasteiger partial charge < -0.3 is 16.8 Å². The molecule has 0 aliphatic heterocycles. The van der Waals surface area contributed by atoms with Crippen LogP contribution in [-0.4, -0.2) is 17.4 Å². The average Bonchev–Trinajstić information content (AvgIpc) is 2.16. The standard InChI is InChI=1S/C10H12ClN3OS/c11-8-5-6(14-4-3-9(12)15)1-2-7(8)10(13)16/h1-2,5,14H,3-4H2,(H2,12,15)(H2,13,16). The van der Waals surface area contributed by atoms with Crippen molar-refractivity contribution < 1.29 is 4.79 Å². The normalized spacial score (nSPS) is 9.81. The first kappa shape index (κ1) is 12.7. The summed E-state index contributed by atoms with van der Waals surface area (Å²) in [6.07, 6.45) is 0.272. The van der Waals surface area contributed by atoms with Crippen molar-refractivity contribution in [2.45, 2.75) is 6.42 Å². The van der Waals surface area contributed by atoms with Crippen molar-refractivity contribution in [3.8, 4) is 0 Å². The van der Waals surface area contributed by atoms with E-state index in [1.165, 1.54) is 0 Å². The molecule has 0 bridgehead atoms. The van der Waals surface area contributed by atoms with Crippen LogP contribution in [0.5, 0.6) is 0 Å². The zero-order chi connectivity index (χ0) is 12.1. The summed E-state index contributed by atoms with van der Waals surface area (Å²) >= 11 is 10.8. The van der Waals surface area contributed by atoms with E-state index >= 15 is 0 Å². The third-order valence-electron chi connectivity index (χ3n) is 1.94. The SMILES string of the molecule is NC(=O)CCNc1ccc(C(N)=S)c(Cl)c1. The Labute approximate surface area is 104 Å². The van der Waals surface area contributed by atoms with E-state index < -0.39 is 0 Å². The predicted octanol–water partition coefficient (Wildman–Crippen LogP) is 1.26. The molecule has 0 aromatic heterocycles. The number of nitrogens with two attached hydrogens (primary N) is 2. The molecule has 0 aliphatic rings. The van der Waals surface area contributed by atoms with E-state index in [1.54, 1.807) is 18.2 Å². The Kier molecular flexibility index (Phi) is 4.52. The summed E-state index contributed by atoms with van der Waals surface area (Å²) in [5, 5.41) is 3.50. The summed E-state index contributed by atoms with van der Waals surface area (Å²) in [5.41, 5.74) is 11.9. The van der Waals surface area contributed by atoms with Crippen LogP contribution in [0.25, 0.3) is 0 Å². The zero-order valence-electron chi connectivity index (χ0n) is 8.50. The van der Waals surface area contributed by atoms with Gasteiger partial charge in [-0.1, -0.05) is 23.8 Å². The smallest absolute Gasteiger partial charge is 0.219 e. The number of halogens is 1. The summed E-state index contributed by atoms with van der Waals surface area (Å²) in [4.78, 5) is 10.8. The highest BCUT2D eigenvalue weighted by molar-refractivity contribution is 7.80. The lowest BCUT2D eigenvalue weighted by Gasteiger charge is -2.07. The minimum Gasteiger partial charge on any atom is -0.389 e. The Hall–Kier alpha value is -1.33. The summed E-state index contributed by atoms with van der Waals surface area (Å²) in [6, 6.07) is 5.23. The molecule has 0 unspecified atom stereocenters. The van der Waals surface area contributed by atoms with Gasteiger partial charge in [-0.2, -0.15) is 0 Å². The molecule has 1 rings (SSSR count). The largest absolute Gasteiger partial charge is 0.389 e. The van der Waals surface area contributed by atoms with Gasteiger partial charge in [-0.05, 0) is 18.2 Å². The summed E-state index contributed by atoms with van der Waals surface area (Å²) < 4.78 is 0. The highest BCUT2D eigenvalue weighted by atomic mass is 35.5. The van der Waals surface area contributed by atoms with Crippen LogP contribution in [-0.2, 0) is 4.79 Å². The van der Waals surface area contributed by atoms with Gasteiger partial charge in [0.1, 0.15) is 4.99 Å². The highest BCUT2D eigenvalue weighted by Gasteiger charge is 2.04. The van der Waals surface area contributed by atoms with E-state index in [2.05, 4.69) is 5.32 Å². The van der Waals surface area contributed by atoms with Gasteiger partial charge in [0.2, 0.25) is 5.91 Å². The lowest BCUT2D eigenvalue weighted by molar-refractivity contribution is -0.117. The Balaban J connectivity index is 2.66. The molecule has 4 nitrogen and oxygen atoms in total. The lowest BCUT2D eigenvalue weighted by Crippen LogP contribution is -2.16. The number of amides is 1. The van der Waals surface area contributed by atoms with Crippen LogP contribution in [0.3, 0.4) is 0 Å². The molecule has 0 saturated carbocycles. The second-order valence-electron chi connectivity index (χ2n) is 3.20. The molecule has 0 radical (unpaired) electrons. The van der Waals surface area contributed by atoms with Crippen LogP contribution in [0.2, 0.25) is 5.02 Å². The maximum atomic E-state index is 10.5. The Bertz CT molecular complexity index is 423. The zero-order valence-corrected chi connectivity index (χ0v) is 10.1. The number of thiocarbonyl (C=S) groups is 1. The van der Waals surface area contributed by atoms with Crippen molar-refractivity contribution in [2.75, 3.05) is 11.9 Å². The van der Waals surface area contributed by atoms with Crippen LogP contribution in [0.4, 0.5) is 5.69 Å². The van der Waals surface area contributed by atoms with Gasteiger partial charge in [0, 0.05) is 24.2 Å².